The summed E-state index contributed by atoms with van der Waals surface area (Å²) in [5, 5.41) is 12.7. The third-order valence-corrected chi connectivity index (χ3v) is 12.7. The molecule has 0 amide bonds. The van der Waals surface area contributed by atoms with E-state index in [-0.39, 0.29) is 0 Å². The molecule has 0 radical (unpaired) electrons. The molecule has 57 heavy (non-hydrogen) atoms. The van der Waals surface area contributed by atoms with Gasteiger partial charge in [0.1, 0.15) is 0 Å². The van der Waals surface area contributed by atoms with Crippen LogP contribution in [0.25, 0.3) is 87.2 Å². The molecule has 0 aromatic heterocycles. The van der Waals surface area contributed by atoms with Crippen molar-refractivity contribution in [1.29, 1.82) is 0 Å². The van der Waals surface area contributed by atoms with Gasteiger partial charge < -0.3 is 0 Å². The Morgan fingerprint density at radius 2 is 0.807 bits per heavy atom. The lowest BCUT2D eigenvalue weighted by molar-refractivity contribution is 0.771. The van der Waals surface area contributed by atoms with Crippen molar-refractivity contribution in [3.63, 3.8) is 0 Å². The van der Waals surface area contributed by atoms with Crippen LogP contribution in [0.3, 0.4) is 0 Å². The van der Waals surface area contributed by atoms with Crippen LogP contribution in [0.5, 0.6) is 0 Å². The fourth-order valence-electron chi connectivity index (χ4n) is 10.3. The van der Waals surface area contributed by atoms with E-state index in [9.17, 15) is 0 Å². The summed E-state index contributed by atoms with van der Waals surface area (Å²) in [6.07, 6.45) is 0. The third-order valence-electron chi connectivity index (χ3n) is 12.7. The lowest BCUT2D eigenvalue weighted by Gasteiger charge is -2.36. The van der Waals surface area contributed by atoms with Crippen molar-refractivity contribution in [2.24, 2.45) is 0 Å². The zero-order valence-corrected chi connectivity index (χ0v) is 31.3. The molecule has 1 aliphatic carbocycles. The minimum atomic E-state index is -0.618. The topological polar surface area (TPSA) is 0 Å². The SMILES string of the molecule is c1ccc(C2(c3ccccc3)c3cc(-c4c5ccccc5cc5c4ccc4ccccc45)ccc3-c3c2c(-c2cccc4ccccc24)cc2ccccc32)cc1. The van der Waals surface area contributed by atoms with Crippen LogP contribution in [-0.2, 0) is 5.41 Å². The van der Waals surface area contributed by atoms with Crippen molar-refractivity contribution in [3.8, 4) is 33.4 Å². The van der Waals surface area contributed by atoms with Crippen molar-refractivity contribution >= 4 is 53.9 Å². The minimum absolute atomic E-state index is 0.618. The molecular formula is C57H36. The molecule has 0 saturated heterocycles. The van der Waals surface area contributed by atoms with Crippen LogP contribution in [-0.4, -0.2) is 0 Å². The summed E-state index contributed by atoms with van der Waals surface area (Å²) in [7, 11) is 0. The Hall–Kier alpha value is -7.28. The van der Waals surface area contributed by atoms with Crippen molar-refractivity contribution in [3.05, 3.63) is 241 Å². The predicted octanol–water partition coefficient (Wildman–Crippen LogP) is 15.1. The summed E-state index contributed by atoms with van der Waals surface area (Å²) in [6.45, 7) is 0. The van der Waals surface area contributed by atoms with Crippen LogP contribution < -0.4 is 0 Å². The molecule has 0 heteroatoms. The first kappa shape index (κ1) is 32.0. The molecule has 264 valence electrons. The smallest absolute Gasteiger partial charge is 0.0622 e. The molecule has 1 aliphatic rings. The fraction of sp³-hybridized carbons (Fsp3) is 0.0175. The van der Waals surface area contributed by atoms with Gasteiger partial charge in [0.25, 0.3) is 0 Å². The molecule has 0 spiro atoms. The standard InChI is InChI=1S/C57H36/c1-3-21-42(22-4-1)57(43-23-5-2-6-24-43)53-36-41(54-46-27-13-9-18-39(46)34-51-45-26-12-8-17-38(45)30-32-49(51)54)31-33-50(53)55-47-28-14-10-19-40(47)35-52(56(55)57)48-29-15-20-37-16-7-11-25-44(37)48/h1-36H. The van der Waals surface area contributed by atoms with Crippen LogP contribution >= 0.6 is 0 Å². The fourth-order valence-corrected chi connectivity index (χ4v) is 10.3. The molecule has 11 aromatic rings. The second-order valence-electron chi connectivity index (χ2n) is 15.5. The van der Waals surface area contributed by atoms with Crippen LogP contribution in [0, 0.1) is 0 Å². The number of hydrogen-bond acceptors (Lipinski definition) is 0. The molecule has 0 N–H and O–H groups in total. The predicted molar refractivity (Wildman–Crippen MR) is 242 cm³/mol. The van der Waals surface area contributed by atoms with Crippen LogP contribution in [0.4, 0.5) is 0 Å². The van der Waals surface area contributed by atoms with Crippen molar-refractivity contribution < 1.29 is 0 Å². The maximum Gasteiger partial charge on any atom is 0.0720 e. The van der Waals surface area contributed by atoms with E-state index in [0.29, 0.717) is 0 Å². The number of rotatable bonds is 4. The third kappa shape index (κ3) is 4.56. The molecule has 11 aromatic carbocycles. The summed E-state index contributed by atoms with van der Waals surface area (Å²) in [5.41, 5.74) is 12.2. The maximum atomic E-state index is 2.55. The van der Waals surface area contributed by atoms with Gasteiger partial charge in [0, 0.05) is 0 Å². The highest BCUT2D eigenvalue weighted by Gasteiger charge is 2.48. The molecule has 0 unspecified atom stereocenters. The van der Waals surface area contributed by atoms with Crippen LogP contribution in [0.15, 0.2) is 218 Å². The highest BCUT2D eigenvalue weighted by atomic mass is 14.5. The van der Waals surface area contributed by atoms with Gasteiger partial charge in [0.15, 0.2) is 0 Å². The molecule has 12 rings (SSSR count). The first-order valence-corrected chi connectivity index (χ1v) is 19.9. The van der Waals surface area contributed by atoms with Crippen LogP contribution in [0.1, 0.15) is 22.3 Å². The monoisotopic (exact) mass is 720 g/mol. The quantitative estimate of drug-likeness (QED) is 0.125. The Morgan fingerprint density at radius 3 is 1.51 bits per heavy atom. The van der Waals surface area contributed by atoms with Crippen molar-refractivity contribution in [2.75, 3.05) is 0 Å². The molecule has 0 aliphatic heterocycles. The van der Waals surface area contributed by atoms with Gasteiger partial charge in [-0.15, -0.1) is 0 Å². The number of benzene rings is 11. The van der Waals surface area contributed by atoms with Crippen LogP contribution in [0.2, 0.25) is 0 Å². The highest BCUT2D eigenvalue weighted by molar-refractivity contribution is 6.20. The van der Waals surface area contributed by atoms with Crippen molar-refractivity contribution in [2.45, 2.75) is 5.41 Å². The second kappa shape index (κ2) is 12.4. The van der Waals surface area contributed by atoms with E-state index >= 15 is 0 Å². The second-order valence-corrected chi connectivity index (χ2v) is 15.5. The molecule has 0 saturated carbocycles. The Bertz CT molecular complexity index is 3350. The van der Waals surface area contributed by atoms with E-state index in [1.54, 1.807) is 0 Å². The lowest BCUT2D eigenvalue weighted by Crippen LogP contribution is -2.29. The molecule has 0 bridgehead atoms. The Labute approximate surface area is 331 Å². The van der Waals surface area contributed by atoms with Gasteiger partial charge >= 0.3 is 0 Å². The first-order chi connectivity index (χ1) is 28.3. The lowest BCUT2D eigenvalue weighted by atomic mass is 9.65. The molecule has 0 fully saturated rings. The van der Waals surface area contributed by atoms with Gasteiger partial charge in [-0.3, -0.25) is 0 Å². The number of fused-ring (bicyclic) bond motifs is 10. The Balaban J connectivity index is 1.27. The van der Waals surface area contributed by atoms with E-state index in [1.165, 1.54) is 109 Å². The average molecular weight is 721 g/mol. The van der Waals surface area contributed by atoms with Gasteiger partial charge in [-0.05, 0) is 128 Å². The summed E-state index contributed by atoms with van der Waals surface area (Å²) in [6, 6.07) is 81.7. The number of hydrogen-bond donors (Lipinski definition) is 0. The van der Waals surface area contributed by atoms with E-state index < -0.39 is 5.41 Å². The summed E-state index contributed by atoms with van der Waals surface area (Å²) >= 11 is 0. The zero-order valence-electron chi connectivity index (χ0n) is 31.3. The average Bonchev–Trinajstić information content (AvgIpc) is 3.60. The van der Waals surface area contributed by atoms with E-state index in [4.69, 9.17) is 0 Å². The first-order valence-electron chi connectivity index (χ1n) is 19.9. The Morgan fingerprint density at radius 1 is 0.263 bits per heavy atom. The minimum Gasteiger partial charge on any atom is -0.0622 e. The molecular weight excluding hydrogens is 685 g/mol. The summed E-state index contributed by atoms with van der Waals surface area (Å²) < 4.78 is 0. The summed E-state index contributed by atoms with van der Waals surface area (Å²) in [5.74, 6) is 0. The van der Waals surface area contributed by atoms with E-state index in [2.05, 4.69) is 218 Å². The van der Waals surface area contributed by atoms with Gasteiger partial charge in [0.2, 0.25) is 0 Å². The largest absolute Gasteiger partial charge is 0.0720 e. The normalized spacial score (nSPS) is 13.1. The van der Waals surface area contributed by atoms with E-state index in [1.807, 2.05) is 0 Å². The Kier molecular flexibility index (Phi) is 6.94. The molecule has 0 heterocycles. The molecule has 0 nitrogen and oxygen atoms in total. The zero-order chi connectivity index (χ0) is 37.5. The highest BCUT2D eigenvalue weighted by Crippen LogP contribution is 2.61. The maximum absolute atomic E-state index is 2.55. The van der Waals surface area contributed by atoms with E-state index in [0.717, 1.165) is 0 Å². The van der Waals surface area contributed by atoms with Crippen molar-refractivity contribution in [1.82, 2.24) is 0 Å². The molecule has 0 atom stereocenters. The van der Waals surface area contributed by atoms with Gasteiger partial charge in [-0.2, -0.15) is 0 Å². The van der Waals surface area contributed by atoms with Gasteiger partial charge in [0.05, 0.1) is 5.41 Å². The van der Waals surface area contributed by atoms with Gasteiger partial charge in [-0.25, -0.2) is 0 Å². The summed E-state index contributed by atoms with van der Waals surface area (Å²) in [4.78, 5) is 0. The van der Waals surface area contributed by atoms with Gasteiger partial charge in [-0.1, -0.05) is 200 Å².